The van der Waals surface area contributed by atoms with Crippen LogP contribution in [0.15, 0.2) is 35.2 Å². The lowest BCUT2D eigenvalue weighted by molar-refractivity contribution is -0.121. The molecule has 2 aromatic carbocycles. The van der Waals surface area contributed by atoms with Crippen molar-refractivity contribution in [3.63, 3.8) is 0 Å². The molecule has 1 amide bonds. The quantitative estimate of drug-likeness (QED) is 0.621. The Labute approximate surface area is 187 Å². The minimum atomic E-state index is -3.70. The van der Waals surface area contributed by atoms with Crippen LogP contribution in [0, 0.1) is 34.6 Å². The number of amides is 1. The van der Waals surface area contributed by atoms with Crippen LogP contribution in [0.1, 0.15) is 45.8 Å². The van der Waals surface area contributed by atoms with Crippen LogP contribution in [0.4, 0.5) is 0 Å². The van der Waals surface area contributed by atoms with Crippen molar-refractivity contribution < 1.29 is 13.2 Å². The summed E-state index contributed by atoms with van der Waals surface area (Å²) < 4.78 is 28.5. The van der Waals surface area contributed by atoms with E-state index >= 15 is 0 Å². The number of nitrogens with one attached hydrogen (secondary N) is 2. The third kappa shape index (κ3) is 5.93. The van der Waals surface area contributed by atoms with Gasteiger partial charge in [-0.3, -0.25) is 4.79 Å². The molecule has 7 heteroatoms. The van der Waals surface area contributed by atoms with Crippen LogP contribution in [-0.4, -0.2) is 46.4 Å². The topological polar surface area (TPSA) is 78.5 Å². The molecule has 31 heavy (non-hydrogen) atoms. The van der Waals surface area contributed by atoms with Crippen LogP contribution in [0.5, 0.6) is 0 Å². The summed E-state index contributed by atoms with van der Waals surface area (Å²) in [7, 11) is 0.228. The monoisotopic (exact) mass is 445 g/mol. The second kappa shape index (κ2) is 10.4. The maximum Gasteiger partial charge on any atom is 0.241 e. The third-order valence-corrected chi connectivity index (χ3v) is 7.88. The average Bonchev–Trinajstić information content (AvgIpc) is 2.71. The van der Waals surface area contributed by atoms with E-state index in [1.54, 1.807) is 0 Å². The molecule has 0 saturated carbocycles. The summed E-state index contributed by atoms with van der Waals surface area (Å²) in [5, 5.41) is 2.92. The molecule has 1 atom stereocenters. The van der Waals surface area contributed by atoms with Crippen LogP contribution in [0.2, 0.25) is 0 Å². The molecule has 0 bridgehead atoms. The number of benzene rings is 2. The highest BCUT2D eigenvalue weighted by Crippen LogP contribution is 2.29. The summed E-state index contributed by atoms with van der Waals surface area (Å²) in [5.41, 5.74) is 5.71. The van der Waals surface area contributed by atoms with Crippen LogP contribution >= 0.6 is 0 Å². The molecular weight excluding hydrogens is 410 g/mol. The van der Waals surface area contributed by atoms with Crippen molar-refractivity contribution >= 4 is 15.9 Å². The number of sulfonamides is 1. The first-order valence-corrected chi connectivity index (χ1v) is 12.0. The Morgan fingerprint density at radius 3 is 1.94 bits per heavy atom. The van der Waals surface area contributed by atoms with E-state index in [0.717, 1.165) is 33.4 Å². The molecule has 6 nitrogen and oxygen atoms in total. The Morgan fingerprint density at radius 1 is 0.903 bits per heavy atom. The molecule has 0 aliphatic rings. The second-order valence-corrected chi connectivity index (χ2v) is 10.00. The van der Waals surface area contributed by atoms with Gasteiger partial charge in [0.2, 0.25) is 15.9 Å². The molecule has 0 spiro atoms. The fourth-order valence-electron chi connectivity index (χ4n) is 3.81. The zero-order valence-electron chi connectivity index (χ0n) is 19.7. The van der Waals surface area contributed by atoms with Crippen molar-refractivity contribution in [2.45, 2.75) is 52.0 Å². The molecule has 0 radical (unpaired) electrons. The Kier molecular flexibility index (Phi) is 8.40. The Bertz CT molecular complexity index is 1000. The minimum absolute atomic E-state index is 0.0469. The first-order valence-electron chi connectivity index (χ1n) is 10.5. The van der Waals surface area contributed by atoms with Crippen molar-refractivity contribution in [1.82, 2.24) is 14.9 Å². The average molecular weight is 446 g/mol. The molecule has 2 rings (SSSR count). The lowest BCUT2D eigenvalue weighted by Crippen LogP contribution is -2.36. The summed E-state index contributed by atoms with van der Waals surface area (Å²) >= 11 is 0. The predicted octanol–water partition coefficient (Wildman–Crippen LogP) is 3.32. The number of likely N-dealkylation sites (N-methyl/N-ethyl adjacent to an activating group) is 1. The normalized spacial score (nSPS) is 12.8. The Morgan fingerprint density at radius 2 is 1.42 bits per heavy atom. The number of hydrogen-bond acceptors (Lipinski definition) is 4. The van der Waals surface area contributed by atoms with Gasteiger partial charge >= 0.3 is 0 Å². The van der Waals surface area contributed by atoms with Crippen LogP contribution < -0.4 is 10.0 Å². The number of nitrogens with zero attached hydrogens (tertiary/aromatic N) is 1. The number of hydrogen-bond donors (Lipinski definition) is 2. The summed E-state index contributed by atoms with van der Waals surface area (Å²) in [6, 6.07) is 10.0. The highest BCUT2D eigenvalue weighted by Gasteiger charge is 2.23. The summed E-state index contributed by atoms with van der Waals surface area (Å²) in [6.07, 6.45) is 0.0795. The lowest BCUT2D eigenvalue weighted by atomic mass is 9.95. The molecule has 0 heterocycles. The van der Waals surface area contributed by atoms with E-state index in [1.165, 1.54) is 0 Å². The maximum atomic E-state index is 13.0. The van der Waals surface area contributed by atoms with Gasteiger partial charge in [0.1, 0.15) is 0 Å². The predicted molar refractivity (Wildman–Crippen MR) is 126 cm³/mol. The standard InChI is InChI=1S/C24H35N3O3S/c1-16-17(2)19(4)24(20(5)18(16)3)31(29,30)26-14-13-23(28)25-15-22(27(6)7)21-11-9-8-10-12-21/h8-12,22,26H,13-15H2,1-7H3,(H,25,28). The van der Waals surface area contributed by atoms with Crippen LogP contribution in [-0.2, 0) is 14.8 Å². The van der Waals surface area contributed by atoms with E-state index in [9.17, 15) is 13.2 Å². The molecule has 0 fully saturated rings. The Hall–Kier alpha value is -2.22. The van der Waals surface area contributed by atoms with Gasteiger partial charge in [0.15, 0.2) is 0 Å². The molecule has 0 aromatic heterocycles. The smallest absolute Gasteiger partial charge is 0.241 e. The number of carbonyl (C=O) groups is 1. The van der Waals surface area contributed by atoms with Crippen LogP contribution in [0.25, 0.3) is 0 Å². The molecular formula is C24H35N3O3S. The molecule has 2 aromatic rings. The second-order valence-electron chi connectivity index (χ2n) is 8.30. The summed E-state index contributed by atoms with van der Waals surface area (Å²) in [4.78, 5) is 14.7. The van der Waals surface area contributed by atoms with E-state index < -0.39 is 10.0 Å². The van der Waals surface area contributed by atoms with E-state index in [1.807, 2.05) is 83.9 Å². The minimum Gasteiger partial charge on any atom is -0.354 e. The highest BCUT2D eigenvalue weighted by atomic mass is 32.2. The summed E-state index contributed by atoms with van der Waals surface area (Å²) in [6.45, 7) is 10.1. The molecule has 0 saturated heterocycles. The molecule has 1 unspecified atom stereocenters. The fraction of sp³-hybridized carbons (Fsp3) is 0.458. The zero-order chi connectivity index (χ0) is 23.3. The molecule has 0 aliphatic carbocycles. The van der Waals surface area contributed by atoms with E-state index in [4.69, 9.17) is 0 Å². The van der Waals surface area contributed by atoms with Gasteiger partial charge in [0.25, 0.3) is 0 Å². The van der Waals surface area contributed by atoms with E-state index in [-0.39, 0.29) is 24.9 Å². The summed E-state index contributed by atoms with van der Waals surface area (Å²) in [5.74, 6) is -0.185. The highest BCUT2D eigenvalue weighted by molar-refractivity contribution is 7.89. The SMILES string of the molecule is Cc1c(C)c(C)c(S(=O)(=O)NCCC(=O)NCC(c2ccccc2)N(C)C)c(C)c1C. The van der Waals surface area contributed by atoms with Gasteiger partial charge in [0.05, 0.1) is 10.9 Å². The van der Waals surface area contributed by atoms with Gasteiger partial charge in [-0.2, -0.15) is 0 Å². The zero-order valence-corrected chi connectivity index (χ0v) is 20.5. The van der Waals surface area contributed by atoms with E-state index in [2.05, 4.69) is 10.0 Å². The fourth-order valence-corrected chi connectivity index (χ4v) is 5.44. The van der Waals surface area contributed by atoms with Gasteiger partial charge in [-0.15, -0.1) is 0 Å². The maximum absolute atomic E-state index is 13.0. The molecule has 0 aliphatic heterocycles. The van der Waals surface area contributed by atoms with Gasteiger partial charge in [-0.25, -0.2) is 13.1 Å². The first-order chi connectivity index (χ1) is 14.5. The largest absolute Gasteiger partial charge is 0.354 e. The Balaban J connectivity index is 1.99. The van der Waals surface area contributed by atoms with Gasteiger partial charge in [-0.05, 0) is 82.1 Å². The number of rotatable bonds is 9. The third-order valence-electron chi connectivity index (χ3n) is 6.14. The molecule has 170 valence electrons. The number of carbonyl (C=O) groups excluding carboxylic acids is 1. The van der Waals surface area contributed by atoms with Crippen molar-refractivity contribution in [1.29, 1.82) is 0 Å². The molecule has 2 N–H and O–H groups in total. The van der Waals surface area contributed by atoms with Crippen molar-refractivity contribution in [2.24, 2.45) is 0 Å². The van der Waals surface area contributed by atoms with E-state index in [0.29, 0.717) is 11.4 Å². The van der Waals surface area contributed by atoms with Gasteiger partial charge < -0.3 is 10.2 Å². The van der Waals surface area contributed by atoms with Crippen molar-refractivity contribution in [3.05, 3.63) is 63.7 Å². The van der Waals surface area contributed by atoms with Crippen molar-refractivity contribution in [2.75, 3.05) is 27.2 Å². The lowest BCUT2D eigenvalue weighted by Gasteiger charge is -2.25. The van der Waals surface area contributed by atoms with Crippen molar-refractivity contribution in [3.8, 4) is 0 Å². The van der Waals surface area contributed by atoms with Gasteiger partial charge in [-0.1, -0.05) is 30.3 Å². The first kappa shape index (κ1) is 25.0. The van der Waals surface area contributed by atoms with Gasteiger partial charge in [0, 0.05) is 19.5 Å². The van der Waals surface area contributed by atoms with Crippen LogP contribution in [0.3, 0.4) is 0 Å².